The van der Waals surface area contributed by atoms with Crippen LogP contribution in [-0.2, 0) is 31.3 Å². The highest BCUT2D eigenvalue weighted by Gasteiger charge is 2.59. The number of phosphoric acid groups is 1. The highest BCUT2D eigenvalue weighted by Crippen LogP contribution is 2.67. The van der Waals surface area contributed by atoms with Gasteiger partial charge >= 0.3 is 7.82 Å². The molecule has 0 bridgehead atoms. The summed E-state index contributed by atoms with van der Waals surface area (Å²) in [6.45, 7) is 15.9. The lowest BCUT2D eigenvalue weighted by Crippen LogP contribution is -2.51. The van der Waals surface area contributed by atoms with Crippen LogP contribution in [0.2, 0.25) is 0 Å². The number of aromatic nitrogens is 3. The number of para-hydroxylation sites is 1. The Labute approximate surface area is 342 Å². The maximum Gasteiger partial charge on any atom is 0.472 e. The molecule has 4 aliphatic carbocycles. The predicted octanol–water partition coefficient (Wildman–Crippen LogP) is 11.8. The van der Waals surface area contributed by atoms with E-state index in [0.717, 1.165) is 96.3 Å². The number of nitrogens with zero attached hydrogens (tertiary/aromatic N) is 3. The Morgan fingerprint density at radius 3 is 2.54 bits per heavy atom. The number of phosphoric ester groups is 1. The van der Waals surface area contributed by atoms with Crippen LogP contribution in [0, 0.1) is 46.3 Å². The maximum atomic E-state index is 12.9. The number of pyridine rings is 1. The van der Waals surface area contributed by atoms with Crippen molar-refractivity contribution in [2.24, 2.45) is 46.3 Å². The number of allylic oxidation sites excluding steroid dienone is 1. The second-order valence-electron chi connectivity index (χ2n) is 19.4. The average Bonchev–Trinajstić information content (AvgIpc) is 3.73. The van der Waals surface area contributed by atoms with Gasteiger partial charge in [-0.25, -0.2) is 14.5 Å². The topological polar surface area (TPSA) is 122 Å². The molecule has 3 N–H and O–H groups in total. The van der Waals surface area contributed by atoms with Crippen molar-refractivity contribution in [1.82, 2.24) is 14.5 Å². The first kappa shape index (κ1) is 42.8. The summed E-state index contributed by atoms with van der Waals surface area (Å²) >= 11 is 0. The van der Waals surface area contributed by atoms with Gasteiger partial charge in [-0.2, -0.15) is 0 Å². The summed E-state index contributed by atoms with van der Waals surface area (Å²) in [7, 11) is -4.22. The summed E-state index contributed by atoms with van der Waals surface area (Å²) in [5.74, 6) is 6.38. The van der Waals surface area contributed by atoms with Crippen molar-refractivity contribution in [3.05, 3.63) is 41.7 Å². The third-order valence-electron chi connectivity index (χ3n) is 15.4. The number of imidazole rings is 1. The molecule has 9 nitrogen and oxygen atoms in total. The zero-order valence-corrected chi connectivity index (χ0v) is 36.9. The SMILES string of the molecule is CCCCc1nc2c(N)nc3ccccc3c2n1CCOP(=O)(O)OCCCCO[C@H]1CC[C@@]2(C)C(=CC[C@H]3[C@@H]4CC[C@H]([C@H](C)CCCC(C)C)[C@@]4(C)CC[C@@H]32)C1. The molecule has 7 rings (SSSR count). The maximum absolute atomic E-state index is 12.9. The van der Waals surface area contributed by atoms with Gasteiger partial charge in [0.15, 0.2) is 5.82 Å². The number of hydrogen-bond acceptors (Lipinski definition) is 7. The first-order valence-electron chi connectivity index (χ1n) is 22.8. The van der Waals surface area contributed by atoms with Crippen molar-refractivity contribution in [1.29, 1.82) is 0 Å². The Balaban J connectivity index is 0.849. The van der Waals surface area contributed by atoms with Crippen molar-refractivity contribution in [3.63, 3.8) is 0 Å². The van der Waals surface area contributed by atoms with Crippen LogP contribution >= 0.6 is 7.82 Å². The fraction of sp³-hybridized carbons (Fsp3) is 0.745. The van der Waals surface area contributed by atoms with Crippen LogP contribution in [0.4, 0.5) is 5.82 Å². The van der Waals surface area contributed by atoms with Crippen molar-refractivity contribution in [3.8, 4) is 0 Å². The number of hydrogen-bond donors (Lipinski definition) is 2. The van der Waals surface area contributed by atoms with Gasteiger partial charge in [-0.15, -0.1) is 0 Å². The van der Waals surface area contributed by atoms with E-state index in [0.29, 0.717) is 41.7 Å². The molecule has 3 fully saturated rings. The number of anilines is 1. The lowest BCUT2D eigenvalue weighted by atomic mass is 9.47. The summed E-state index contributed by atoms with van der Waals surface area (Å²) in [6, 6.07) is 7.85. The molecular weight excluding hydrogens is 732 g/mol. The summed E-state index contributed by atoms with van der Waals surface area (Å²) < 4.78 is 32.3. The summed E-state index contributed by atoms with van der Waals surface area (Å²) in [4.78, 5) is 19.9. The van der Waals surface area contributed by atoms with Crippen LogP contribution in [0.15, 0.2) is 35.9 Å². The largest absolute Gasteiger partial charge is 0.472 e. The van der Waals surface area contributed by atoms with Crippen molar-refractivity contribution >= 4 is 35.6 Å². The van der Waals surface area contributed by atoms with E-state index < -0.39 is 7.82 Å². The molecule has 0 radical (unpaired) electrons. The van der Waals surface area contributed by atoms with Gasteiger partial charge in [0.2, 0.25) is 0 Å². The van der Waals surface area contributed by atoms with E-state index in [9.17, 15) is 9.46 Å². The van der Waals surface area contributed by atoms with Gasteiger partial charge in [-0.1, -0.05) is 97.1 Å². The fourth-order valence-corrected chi connectivity index (χ4v) is 13.1. The van der Waals surface area contributed by atoms with Gasteiger partial charge in [-0.05, 0) is 123 Å². The van der Waals surface area contributed by atoms with E-state index in [4.69, 9.17) is 24.5 Å². The third-order valence-corrected chi connectivity index (χ3v) is 16.4. The molecule has 0 amide bonds. The zero-order valence-electron chi connectivity index (χ0n) is 36.0. The first-order chi connectivity index (χ1) is 27.3. The molecule has 1 unspecified atom stereocenters. The van der Waals surface area contributed by atoms with Gasteiger partial charge in [0.05, 0.1) is 30.4 Å². The second kappa shape index (κ2) is 18.1. The number of ether oxygens (including phenoxy) is 1. The molecule has 0 spiro atoms. The van der Waals surface area contributed by atoms with E-state index in [2.05, 4.69) is 57.2 Å². The molecular formula is C47H73N4O5P. The normalized spacial score (nSPS) is 30.2. The van der Waals surface area contributed by atoms with Crippen LogP contribution in [0.3, 0.4) is 0 Å². The van der Waals surface area contributed by atoms with Crippen LogP contribution in [0.25, 0.3) is 21.9 Å². The molecule has 1 aromatic carbocycles. The third kappa shape index (κ3) is 9.09. The quantitative estimate of drug-likeness (QED) is 0.0698. The Kier molecular flexibility index (Phi) is 13.6. The summed E-state index contributed by atoms with van der Waals surface area (Å²) in [5.41, 5.74) is 11.2. The molecule has 57 heavy (non-hydrogen) atoms. The molecule has 4 aliphatic rings. The Morgan fingerprint density at radius 1 is 0.947 bits per heavy atom. The van der Waals surface area contributed by atoms with E-state index in [-0.39, 0.29) is 19.3 Å². The Morgan fingerprint density at radius 2 is 1.74 bits per heavy atom. The number of fused-ring (bicyclic) bond motifs is 8. The zero-order chi connectivity index (χ0) is 40.4. The number of unbranched alkanes of at least 4 members (excludes halogenated alkanes) is 2. The number of aryl methyl sites for hydroxylation is 1. The van der Waals surface area contributed by atoms with Crippen LogP contribution < -0.4 is 5.73 Å². The standard InChI is InChI=1S/C47H73N4O5P/c1-7-8-18-42-50-43-44(37-16-9-10-17-41(37)49-45(43)48)51(42)27-30-56-57(52,53)55-29-12-11-28-54-35-23-25-46(5)34(31-35)19-20-36-39-22-21-38(33(4)15-13-14-32(2)3)47(39,6)26-24-40(36)46/h9-10,16-17,19,32-33,35-36,38-40H,7-8,11-15,18,20-31H2,1-6H3,(H2,48,49)(H,52,53)/t33-,35+,36+,38-,39+,40+,46+,47-/m1/s1. The molecule has 2 heterocycles. The van der Waals surface area contributed by atoms with E-state index in [1.807, 2.05) is 24.3 Å². The molecule has 2 aromatic heterocycles. The number of nitrogen functional groups attached to an aromatic ring is 1. The minimum Gasteiger partial charge on any atom is -0.382 e. The number of benzene rings is 1. The van der Waals surface area contributed by atoms with Crippen molar-refractivity contribution in [2.75, 3.05) is 25.6 Å². The van der Waals surface area contributed by atoms with E-state index in [1.165, 1.54) is 57.8 Å². The lowest BCUT2D eigenvalue weighted by molar-refractivity contribution is -0.0642. The van der Waals surface area contributed by atoms with Crippen LogP contribution in [-0.4, -0.2) is 45.4 Å². The summed E-state index contributed by atoms with van der Waals surface area (Å²) in [5, 5.41) is 0.945. The highest BCUT2D eigenvalue weighted by atomic mass is 31.2. The number of rotatable bonds is 19. The molecule has 3 saturated carbocycles. The van der Waals surface area contributed by atoms with Crippen molar-refractivity contribution < 1.29 is 23.2 Å². The second-order valence-corrected chi connectivity index (χ2v) is 20.8. The predicted molar refractivity (Wildman–Crippen MR) is 232 cm³/mol. The van der Waals surface area contributed by atoms with E-state index >= 15 is 0 Å². The summed E-state index contributed by atoms with van der Waals surface area (Å²) in [6.07, 6.45) is 21.6. The van der Waals surface area contributed by atoms with Crippen LogP contribution in [0.5, 0.6) is 0 Å². The molecule has 9 atom stereocenters. The van der Waals surface area contributed by atoms with Gasteiger partial charge in [0, 0.05) is 25.0 Å². The molecule has 3 aromatic rings. The minimum atomic E-state index is -4.22. The molecule has 0 saturated heterocycles. The first-order valence-corrected chi connectivity index (χ1v) is 24.3. The smallest absolute Gasteiger partial charge is 0.382 e. The molecule has 0 aliphatic heterocycles. The fourth-order valence-electron chi connectivity index (χ4n) is 12.4. The molecule has 10 heteroatoms. The van der Waals surface area contributed by atoms with Crippen LogP contribution in [0.1, 0.15) is 144 Å². The van der Waals surface area contributed by atoms with Crippen molar-refractivity contribution in [2.45, 2.75) is 157 Å². The monoisotopic (exact) mass is 805 g/mol. The molecule has 316 valence electrons. The highest BCUT2D eigenvalue weighted by molar-refractivity contribution is 7.47. The Bertz CT molecular complexity index is 1910. The van der Waals surface area contributed by atoms with Gasteiger partial charge in [0.25, 0.3) is 0 Å². The average molecular weight is 805 g/mol. The van der Waals surface area contributed by atoms with E-state index in [1.54, 1.807) is 5.57 Å². The lowest BCUT2D eigenvalue weighted by Gasteiger charge is -2.58. The Hall–Kier alpha value is -2.29. The van der Waals surface area contributed by atoms with Gasteiger partial charge in [0.1, 0.15) is 11.3 Å². The van der Waals surface area contributed by atoms with Gasteiger partial charge < -0.3 is 19.9 Å². The number of nitrogens with two attached hydrogens (primary N) is 1. The minimum absolute atomic E-state index is 0.00828. The van der Waals surface area contributed by atoms with Gasteiger partial charge in [-0.3, -0.25) is 9.05 Å².